The fourth-order valence-corrected chi connectivity index (χ4v) is 4.54. The Balaban J connectivity index is 1.58. The summed E-state index contributed by atoms with van der Waals surface area (Å²) in [5, 5.41) is 3.00. The number of hydrogen-bond donors (Lipinski definition) is 2. The van der Waals surface area contributed by atoms with Crippen LogP contribution in [0.5, 0.6) is 0 Å². The van der Waals surface area contributed by atoms with Gasteiger partial charge in [-0.15, -0.1) is 0 Å². The number of nitrogens with zero attached hydrogens (tertiary/aromatic N) is 1. The van der Waals surface area contributed by atoms with Gasteiger partial charge in [0.05, 0.1) is 25.6 Å². The number of carbonyl (C=O) groups excluding carboxylic acids is 3. The third kappa shape index (κ3) is 3.38. The molecule has 1 spiro atoms. The number of nitrogens with one attached hydrogen (secondary N) is 2. The van der Waals surface area contributed by atoms with E-state index in [0.717, 1.165) is 51.6 Å². The van der Waals surface area contributed by atoms with E-state index in [0.29, 0.717) is 13.3 Å². The Morgan fingerprint density at radius 2 is 2.00 bits per heavy atom. The molecular formula is C18H30N3O4+. The van der Waals surface area contributed by atoms with Crippen molar-refractivity contribution in [2.24, 2.45) is 11.8 Å². The van der Waals surface area contributed by atoms with Crippen LogP contribution >= 0.6 is 0 Å². The van der Waals surface area contributed by atoms with E-state index in [1.54, 1.807) is 0 Å². The van der Waals surface area contributed by atoms with Crippen LogP contribution in [0.15, 0.2) is 0 Å². The number of urea groups is 1. The highest BCUT2D eigenvalue weighted by Gasteiger charge is 2.55. The maximum Gasteiger partial charge on any atom is 0.329 e. The van der Waals surface area contributed by atoms with Crippen LogP contribution in [0.25, 0.3) is 0 Å². The minimum absolute atomic E-state index is 0.0449. The molecule has 0 unspecified atom stereocenters. The standard InChI is InChI=1S/C18H29N3O4/c1-3-25-15(22)14-7-10-20(11-8-14)12-21-16(23)18(19-17(21)24)9-5-4-6-13(18)2/h13-14H,3-12H2,1-2H3,(H,19,24)/p+1/t13-,18+/m0/s1. The average molecular weight is 352 g/mol. The lowest BCUT2D eigenvalue weighted by Crippen LogP contribution is -3.14. The number of amides is 3. The van der Waals surface area contributed by atoms with Gasteiger partial charge >= 0.3 is 12.0 Å². The number of esters is 1. The van der Waals surface area contributed by atoms with Crippen LogP contribution in [-0.2, 0) is 14.3 Å². The predicted molar refractivity (Wildman–Crippen MR) is 90.7 cm³/mol. The van der Waals surface area contributed by atoms with Gasteiger partial charge in [0, 0.05) is 12.8 Å². The fraction of sp³-hybridized carbons (Fsp3) is 0.833. The largest absolute Gasteiger partial charge is 0.466 e. The Labute approximate surface area is 149 Å². The summed E-state index contributed by atoms with van der Waals surface area (Å²) in [5.74, 6) is -0.0278. The molecule has 7 nitrogen and oxygen atoms in total. The van der Waals surface area contributed by atoms with Crippen molar-refractivity contribution in [2.75, 3.05) is 26.4 Å². The molecule has 3 amide bonds. The van der Waals surface area contributed by atoms with E-state index in [2.05, 4.69) is 12.2 Å². The number of likely N-dealkylation sites (tertiary alicyclic amines) is 1. The molecule has 0 aromatic carbocycles. The number of quaternary nitrogens is 1. The maximum atomic E-state index is 13.0. The highest BCUT2D eigenvalue weighted by molar-refractivity contribution is 6.07. The first-order chi connectivity index (χ1) is 12.0. The first-order valence-electron chi connectivity index (χ1n) is 9.62. The molecule has 2 atom stereocenters. The van der Waals surface area contributed by atoms with Crippen LogP contribution in [0.1, 0.15) is 52.4 Å². The predicted octanol–water partition coefficient (Wildman–Crippen LogP) is 0.303. The number of rotatable bonds is 4. The van der Waals surface area contributed by atoms with E-state index in [1.165, 1.54) is 9.80 Å². The summed E-state index contributed by atoms with van der Waals surface area (Å²) < 4.78 is 5.09. The molecule has 0 bridgehead atoms. The van der Waals surface area contributed by atoms with Crippen LogP contribution < -0.4 is 10.2 Å². The highest BCUT2D eigenvalue weighted by Crippen LogP contribution is 2.37. The zero-order valence-electron chi connectivity index (χ0n) is 15.3. The van der Waals surface area contributed by atoms with Gasteiger partial charge in [-0.1, -0.05) is 19.8 Å². The average Bonchev–Trinajstić information content (AvgIpc) is 2.83. The van der Waals surface area contributed by atoms with E-state index < -0.39 is 5.54 Å². The Hall–Kier alpha value is -1.63. The zero-order chi connectivity index (χ0) is 18.0. The van der Waals surface area contributed by atoms with Crippen LogP contribution in [0.3, 0.4) is 0 Å². The summed E-state index contributed by atoms with van der Waals surface area (Å²) in [5.41, 5.74) is -0.683. The summed E-state index contributed by atoms with van der Waals surface area (Å²) in [4.78, 5) is 39.9. The first kappa shape index (κ1) is 18.2. The van der Waals surface area contributed by atoms with Crippen molar-refractivity contribution in [3.8, 4) is 0 Å². The van der Waals surface area contributed by atoms with Crippen LogP contribution in [0.4, 0.5) is 4.79 Å². The van der Waals surface area contributed by atoms with Crippen LogP contribution in [-0.4, -0.2) is 54.7 Å². The molecule has 0 aromatic rings. The van der Waals surface area contributed by atoms with E-state index in [1.807, 2.05) is 6.92 Å². The van der Waals surface area contributed by atoms with E-state index in [-0.39, 0.29) is 29.7 Å². The molecule has 1 saturated carbocycles. The topological polar surface area (TPSA) is 80.2 Å². The van der Waals surface area contributed by atoms with Gasteiger partial charge in [0.2, 0.25) is 0 Å². The summed E-state index contributed by atoms with van der Waals surface area (Å²) in [6.45, 7) is 6.26. The molecule has 2 N–H and O–H groups in total. The third-order valence-electron chi connectivity index (χ3n) is 6.20. The number of piperidine rings is 1. The second kappa shape index (κ2) is 7.32. The van der Waals surface area contributed by atoms with Crippen molar-refractivity contribution in [3.05, 3.63) is 0 Å². The molecule has 3 fully saturated rings. The lowest BCUT2D eigenvalue weighted by Gasteiger charge is -2.37. The molecule has 2 aliphatic heterocycles. The normalized spacial score (nSPS) is 35.8. The molecule has 25 heavy (non-hydrogen) atoms. The molecule has 0 radical (unpaired) electrons. The highest BCUT2D eigenvalue weighted by atomic mass is 16.5. The molecule has 0 aromatic heterocycles. The van der Waals surface area contributed by atoms with Crippen molar-refractivity contribution >= 4 is 17.9 Å². The molecule has 2 saturated heterocycles. The van der Waals surface area contributed by atoms with Gasteiger partial charge in [-0.05, 0) is 25.7 Å². The minimum atomic E-state index is -0.683. The summed E-state index contributed by atoms with van der Waals surface area (Å²) >= 11 is 0. The van der Waals surface area contributed by atoms with Gasteiger partial charge in [0.1, 0.15) is 5.54 Å². The van der Waals surface area contributed by atoms with Crippen molar-refractivity contribution in [1.82, 2.24) is 10.2 Å². The van der Waals surface area contributed by atoms with Crippen LogP contribution in [0.2, 0.25) is 0 Å². The number of carbonyl (C=O) groups is 3. The molecule has 1 aliphatic carbocycles. The molecule has 3 aliphatic rings. The Bertz CT molecular complexity index is 544. The van der Waals surface area contributed by atoms with Gasteiger partial charge in [-0.2, -0.15) is 0 Å². The SMILES string of the molecule is CCOC(=O)C1CC[NH+](CN2C(=O)N[C@@]3(CCCC[C@@H]3C)C2=O)CC1. The zero-order valence-corrected chi connectivity index (χ0v) is 15.3. The smallest absolute Gasteiger partial charge is 0.329 e. The molecular weight excluding hydrogens is 322 g/mol. The summed E-state index contributed by atoms with van der Waals surface area (Å²) in [6.07, 6.45) is 5.34. The number of hydrogen-bond acceptors (Lipinski definition) is 4. The lowest BCUT2D eigenvalue weighted by molar-refractivity contribution is -0.913. The summed E-state index contributed by atoms with van der Waals surface area (Å²) in [6, 6.07) is -0.251. The second-order valence-electron chi connectivity index (χ2n) is 7.72. The van der Waals surface area contributed by atoms with Gasteiger partial charge in [0.25, 0.3) is 5.91 Å². The molecule has 7 heteroatoms. The Morgan fingerprint density at radius 3 is 2.64 bits per heavy atom. The van der Waals surface area contributed by atoms with Crippen molar-refractivity contribution in [3.63, 3.8) is 0 Å². The quantitative estimate of drug-likeness (QED) is 0.563. The minimum Gasteiger partial charge on any atom is -0.466 e. The van der Waals surface area contributed by atoms with E-state index in [4.69, 9.17) is 4.74 Å². The lowest BCUT2D eigenvalue weighted by atomic mass is 9.73. The first-order valence-corrected chi connectivity index (χ1v) is 9.62. The van der Waals surface area contributed by atoms with Gasteiger partial charge in [-0.25, -0.2) is 9.69 Å². The summed E-state index contributed by atoms with van der Waals surface area (Å²) in [7, 11) is 0. The Kier molecular flexibility index (Phi) is 5.32. The fourth-order valence-electron chi connectivity index (χ4n) is 4.54. The molecule has 140 valence electrons. The van der Waals surface area contributed by atoms with Crippen molar-refractivity contribution < 1.29 is 24.0 Å². The third-order valence-corrected chi connectivity index (χ3v) is 6.20. The van der Waals surface area contributed by atoms with Gasteiger partial charge in [-0.3, -0.25) is 9.59 Å². The number of ether oxygens (including phenoxy) is 1. The van der Waals surface area contributed by atoms with Gasteiger partial charge < -0.3 is 15.0 Å². The van der Waals surface area contributed by atoms with Crippen molar-refractivity contribution in [2.45, 2.75) is 57.9 Å². The Morgan fingerprint density at radius 1 is 1.28 bits per heavy atom. The van der Waals surface area contributed by atoms with Gasteiger partial charge in [0.15, 0.2) is 6.67 Å². The van der Waals surface area contributed by atoms with E-state index in [9.17, 15) is 14.4 Å². The maximum absolute atomic E-state index is 13.0. The number of imide groups is 1. The molecule has 3 rings (SSSR count). The monoisotopic (exact) mass is 352 g/mol. The second-order valence-corrected chi connectivity index (χ2v) is 7.72. The van der Waals surface area contributed by atoms with Crippen LogP contribution in [0, 0.1) is 11.8 Å². The van der Waals surface area contributed by atoms with E-state index >= 15 is 0 Å². The molecule has 2 heterocycles. The van der Waals surface area contributed by atoms with Crippen molar-refractivity contribution in [1.29, 1.82) is 0 Å².